The van der Waals surface area contributed by atoms with Crippen molar-refractivity contribution in [2.45, 2.75) is 58.2 Å². The lowest BCUT2D eigenvalue weighted by Gasteiger charge is -2.37. The number of hydrogen-bond donors (Lipinski definition) is 0. The van der Waals surface area contributed by atoms with Crippen LogP contribution < -0.4 is 4.90 Å². The molecule has 2 saturated heterocycles. The second-order valence-electron chi connectivity index (χ2n) is 9.87. The van der Waals surface area contributed by atoms with Crippen LogP contribution in [0.3, 0.4) is 0 Å². The molecule has 172 valence electrons. The van der Waals surface area contributed by atoms with Crippen LogP contribution in [0.2, 0.25) is 0 Å². The van der Waals surface area contributed by atoms with Gasteiger partial charge in [-0.05, 0) is 57.4 Å². The highest BCUT2D eigenvalue weighted by Crippen LogP contribution is 2.32. The van der Waals surface area contributed by atoms with Crippen LogP contribution in [0.4, 0.5) is 10.6 Å². The maximum atomic E-state index is 12.3. The van der Waals surface area contributed by atoms with Crippen LogP contribution in [0.15, 0.2) is 48.7 Å². The number of ether oxygens (including phenoxy) is 1. The van der Waals surface area contributed by atoms with Gasteiger partial charge in [-0.2, -0.15) is 0 Å². The first-order valence-corrected chi connectivity index (χ1v) is 11.9. The van der Waals surface area contributed by atoms with E-state index >= 15 is 0 Å². The Labute approximate surface area is 192 Å². The molecule has 6 heteroatoms. The Morgan fingerprint density at radius 1 is 1.00 bits per heavy atom. The van der Waals surface area contributed by atoms with Crippen LogP contribution >= 0.6 is 0 Å². The van der Waals surface area contributed by atoms with Crippen molar-refractivity contribution < 1.29 is 9.53 Å². The van der Waals surface area contributed by atoms with Crippen molar-refractivity contribution in [3.8, 4) is 0 Å². The minimum atomic E-state index is -0.459. The molecule has 3 heterocycles. The van der Waals surface area contributed by atoms with Crippen molar-refractivity contribution in [1.82, 2.24) is 14.8 Å². The fourth-order valence-electron chi connectivity index (χ4n) is 4.60. The number of anilines is 1. The van der Waals surface area contributed by atoms with E-state index in [1.54, 1.807) is 4.90 Å². The van der Waals surface area contributed by atoms with E-state index in [9.17, 15) is 4.79 Å². The third kappa shape index (κ3) is 5.80. The molecule has 2 aromatic rings. The van der Waals surface area contributed by atoms with Crippen LogP contribution in [0.5, 0.6) is 0 Å². The highest BCUT2D eigenvalue weighted by Gasteiger charge is 2.27. The summed E-state index contributed by atoms with van der Waals surface area (Å²) in [6.45, 7) is 10.7. The van der Waals surface area contributed by atoms with Gasteiger partial charge < -0.3 is 14.5 Å². The number of likely N-dealkylation sites (tertiary alicyclic amines) is 1. The Morgan fingerprint density at radius 3 is 2.41 bits per heavy atom. The average Bonchev–Trinajstić information content (AvgIpc) is 2.79. The molecule has 0 spiro atoms. The predicted molar refractivity (Wildman–Crippen MR) is 128 cm³/mol. The lowest BCUT2D eigenvalue weighted by atomic mass is 9.95. The molecule has 0 aliphatic carbocycles. The molecule has 4 rings (SSSR count). The number of aromatic nitrogens is 1. The summed E-state index contributed by atoms with van der Waals surface area (Å²) in [5, 5.41) is 0. The molecule has 1 amide bonds. The fraction of sp³-hybridized carbons (Fsp3) is 0.538. The molecule has 1 aromatic heterocycles. The number of carbonyl (C=O) groups excluding carboxylic acids is 1. The van der Waals surface area contributed by atoms with E-state index in [2.05, 4.69) is 58.5 Å². The van der Waals surface area contributed by atoms with Gasteiger partial charge >= 0.3 is 6.09 Å². The van der Waals surface area contributed by atoms with Gasteiger partial charge in [0, 0.05) is 45.0 Å². The SMILES string of the molecule is CC(C)(C)OC(=O)N1CCN(c2ccc([C@@H]3CCCCN3Cc3ccccc3)cn2)CC1. The number of benzene rings is 1. The summed E-state index contributed by atoms with van der Waals surface area (Å²) < 4.78 is 5.50. The van der Waals surface area contributed by atoms with Crippen LogP contribution in [0.1, 0.15) is 57.2 Å². The van der Waals surface area contributed by atoms with E-state index in [-0.39, 0.29) is 6.09 Å². The van der Waals surface area contributed by atoms with Crippen molar-refractivity contribution >= 4 is 11.9 Å². The fourth-order valence-corrected chi connectivity index (χ4v) is 4.60. The number of carbonyl (C=O) groups is 1. The lowest BCUT2D eigenvalue weighted by Crippen LogP contribution is -2.50. The summed E-state index contributed by atoms with van der Waals surface area (Å²) >= 11 is 0. The van der Waals surface area contributed by atoms with Crippen LogP contribution in [-0.4, -0.2) is 59.2 Å². The molecule has 0 unspecified atom stereocenters. The van der Waals surface area contributed by atoms with E-state index in [1.807, 2.05) is 20.8 Å². The zero-order valence-electron chi connectivity index (χ0n) is 19.7. The second-order valence-corrected chi connectivity index (χ2v) is 9.87. The summed E-state index contributed by atoms with van der Waals surface area (Å²) in [7, 11) is 0. The molecule has 2 aliphatic rings. The first-order chi connectivity index (χ1) is 15.4. The minimum absolute atomic E-state index is 0.226. The lowest BCUT2D eigenvalue weighted by molar-refractivity contribution is 0.0240. The van der Waals surface area contributed by atoms with Crippen molar-refractivity contribution in [2.24, 2.45) is 0 Å². The summed E-state index contributed by atoms with van der Waals surface area (Å²) in [6, 6.07) is 15.6. The number of pyridine rings is 1. The molecule has 2 fully saturated rings. The Kier molecular flexibility index (Phi) is 6.99. The van der Waals surface area contributed by atoms with Gasteiger partial charge in [0.05, 0.1) is 0 Å². The molecule has 0 radical (unpaired) electrons. The molecule has 0 N–H and O–H groups in total. The monoisotopic (exact) mass is 436 g/mol. The standard InChI is InChI=1S/C26H36N4O2/c1-26(2,3)32-25(31)29-17-15-28(16-18-29)24-13-12-22(19-27-24)23-11-7-8-14-30(23)20-21-9-5-4-6-10-21/h4-6,9-10,12-13,19,23H,7-8,11,14-18,20H2,1-3H3/t23-/m0/s1. The number of piperidine rings is 1. The molecule has 1 atom stereocenters. The van der Waals surface area contributed by atoms with E-state index in [4.69, 9.17) is 9.72 Å². The third-order valence-electron chi connectivity index (χ3n) is 6.25. The van der Waals surface area contributed by atoms with Crippen molar-refractivity contribution in [3.05, 3.63) is 59.8 Å². The van der Waals surface area contributed by atoms with Crippen LogP contribution in [0, 0.1) is 0 Å². The largest absolute Gasteiger partial charge is 0.444 e. The average molecular weight is 437 g/mol. The topological polar surface area (TPSA) is 48.9 Å². The molecular formula is C26H36N4O2. The minimum Gasteiger partial charge on any atom is -0.444 e. The molecule has 2 aliphatic heterocycles. The van der Waals surface area contributed by atoms with E-state index in [0.717, 1.165) is 32.0 Å². The summed E-state index contributed by atoms with van der Waals surface area (Å²) in [4.78, 5) is 23.8. The van der Waals surface area contributed by atoms with Gasteiger partial charge in [0.1, 0.15) is 11.4 Å². The van der Waals surface area contributed by atoms with Gasteiger partial charge in [-0.3, -0.25) is 4.90 Å². The normalized spacial score (nSPS) is 20.3. The van der Waals surface area contributed by atoms with Gasteiger partial charge in [0.25, 0.3) is 0 Å². The van der Waals surface area contributed by atoms with Gasteiger partial charge in [-0.1, -0.05) is 42.8 Å². The van der Waals surface area contributed by atoms with Gasteiger partial charge in [-0.25, -0.2) is 9.78 Å². The van der Waals surface area contributed by atoms with E-state index in [1.165, 1.54) is 30.4 Å². The smallest absolute Gasteiger partial charge is 0.410 e. The summed E-state index contributed by atoms with van der Waals surface area (Å²) in [5.74, 6) is 0.989. The molecule has 32 heavy (non-hydrogen) atoms. The Bertz CT molecular complexity index is 871. The Hall–Kier alpha value is -2.60. The number of rotatable bonds is 4. The highest BCUT2D eigenvalue weighted by molar-refractivity contribution is 5.68. The molecule has 6 nitrogen and oxygen atoms in total. The van der Waals surface area contributed by atoms with Crippen LogP contribution in [0.25, 0.3) is 0 Å². The van der Waals surface area contributed by atoms with Crippen molar-refractivity contribution in [3.63, 3.8) is 0 Å². The van der Waals surface area contributed by atoms with Gasteiger partial charge in [0.15, 0.2) is 0 Å². The maximum Gasteiger partial charge on any atom is 0.410 e. The molecule has 0 bridgehead atoms. The summed E-state index contributed by atoms with van der Waals surface area (Å²) in [6.07, 6.45) is 5.55. The Morgan fingerprint density at radius 2 is 1.75 bits per heavy atom. The number of nitrogens with zero attached hydrogens (tertiary/aromatic N) is 4. The van der Waals surface area contributed by atoms with Crippen molar-refractivity contribution in [1.29, 1.82) is 0 Å². The quantitative estimate of drug-likeness (QED) is 0.685. The third-order valence-corrected chi connectivity index (χ3v) is 6.25. The highest BCUT2D eigenvalue weighted by atomic mass is 16.6. The zero-order valence-corrected chi connectivity index (χ0v) is 19.7. The first-order valence-electron chi connectivity index (χ1n) is 11.9. The summed E-state index contributed by atoms with van der Waals surface area (Å²) in [5.41, 5.74) is 2.21. The zero-order chi connectivity index (χ0) is 22.6. The van der Waals surface area contributed by atoms with Crippen molar-refractivity contribution in [2.75, 3.05) is 37.6 Å². The number of piperazine rings is 1. The molecule has 0 saturated carbocycles. The maximum absolute atomic E-state index is 12.3. The second kappa shape index (κ2) is 9.90. The number of hydrogen-bond acceptors (Lipinski definition) is 5. The Balaban J connectivity index is 1.36. The number of amides is 1. The molecule has 1 aromatic carbocycles. The van der Waals surface area contributed by atoms with Crippen LogP contribution in [-0.2, 0) is 11.3 Å². The van der Waals surface area contributed by atoms with Gasteiger partial charge in [-0.15, -0.1) is 0 Å². The predicted octanol–water partition coefficient (Wildman–Crippen LogP) is 4.87. The molecular weight excluding hydrogens is 400 g/mol. The first kappa shape index (κ1) is 22.6. The van der Waals surface area contributed by atoms with Gasteiger partial charge in [0.2, 0.25) is 0 Å². The van der Waals surface area contributed by atoms with E-state index in [0.29, 0.717) is 19.1 Å². The van der Waals surface area contributed by atoms with E-state index < -0.39 is 5.60 Å².